The molecule has 0 aliphatic carbocycles. The van der Waals surface area contributed by atoms with Gasteiger partial charge in [-0.15, -0.1) is 0 Å². The van der Waals surface area contributed by atoms with Crippen LogP contribution in [-0.4, -0.2) is 42.6 Å². The maximum atomic E-state index is 12.5. The summed E-state index contributed by atoms with van der Waals surface area (Å²) in [5.41, 5.74) is 2.43. The first-order valence-electron chi connectivity index (χ1n) is 7.60. The standard InChI is InChI=1S/C17H21NO4/c1-11-8-13-14(19)10-17(22-15(13)9-12(11)2)4-6-18(7-5-17)16(20)21-3/h8-9H,4-7,10H2,1-3H3. The number of ketones is 1. The van der Waals surface area contributed by atoms with Crippen LogP contribution >= 0.6 is 0 Å². The van der Waals surface area contributed by atoms with E-state index in [0.29, 0.717) is 43.7 Å². The summed E-state index contributed by atoms with van der Waals surface area (Å²) in [5.74, 6) is 0.821. The van der Waals surface area contributed by atoms with Crippen molar-refractivity contribution in [3.05, 3.63) is 28.8 Å². The lowest BCUT2D eigenvalue weighted by molar-refractivity contribution is -0.00711. The number of benzene rings is 1. The number of fused-ring (bicyclic) bond motifs is 1. The number of ether oxygens (including phenoxy) is 2. The van der Waals surface area contributed by atoms with Crippen LogP contribution in [-0.2, 0) is 4.74 Å². The van der Waals surface area contributed by atoms with Crippen LogP contribution in [0.5, 0.6) is 5.75 Å². The van der Waals surface area contributed by atoms with Gasteiger partial charge in [-0.2, -0.15) is 0 Å². The molecule has 1 amide bonds. The van der Waals surface area contributed by atoms with Gasteiger partial charge in [0.25, 0.3) is 0 Å². The number of aryl methyl sites for hydroxylation is 2. The number of carbonyl (C=O) groups excluding carboxylic acids is 2. The molecule has 0 N–H and O–H groups in total. The summed E-state index contributed by atoms with van der Waals surface area (Å²) in [4.78, 5) is 25.7. The van der Waals surface area contributed by atoms with Crippen LogP contribution in [0, 0.1) is 13.8 Å². The van der Waals surface area contributed by atoms with Crippen molar-refractivity contribution in [1.82, 2.24) is 4.90 Å². The van der Waals surface area contributed by atoms with Crippen molar-refractivity contribution in [2.75, 3.05) is 20.2 Å². The van der Waals surface area contributed by atoms with Crippen molar-refractivity contribution >= 4 is 11.9 Å². The third kappa shape index (κ3) is 2.45. The number of likely N-dealkylation sites (tertiary alicyclic amines) is 1. The summed E-state index contributed by atoms with van der Waals surface area (Å²) in [6.07, 6.45) is 1.38. The number of Topliss-reactive ketones (excluding diaryl/α,β-unsaturated/α-hetero) is 1. The quantitative estimate of drug-likeness (QED) is 0.739. The molecule has 0 bridgehead atoms. The van der Waals surface area contributed by atoms with Crippen molar-refractivity contribution in [3.8, 4) is 5.75 Å². The van der Waals surface area contributed by atoms with Crippen LogP contribution in [0.2, 0.25) is 0 Å². The predicted molar refractivity (Wildman–Crippen MR) is 81.4 cm³/mol. The minimum Gasteiger partial charge on any atom is -0.486 e. The number of methoxy groups -OCH3 is 1. The number of carbonyl (C=O) groups is 2. The van der Waals surface area contributed by atoms with E-state index in [9.17, 15) is 9.59 Å². The Bertz CT molecular complexity index is 630. The molecule has 2 heterocycles. The van der Waals surface area contributed by atoms with Gasteiger partial charge in [-0.3, -0.25) is 4.79 Å². The SMILES string of the molecule is COC(=O)N1CCC2(CC1)CC(=O)c1cc(C)c(C)cc1O2. The summed E-state index contributed by atoms with van der Waals surface area (Å²) in [7, 11) is 1.38. The van der Waals surface area contributed by atoms with Gasteiger partial charge in [0.05, 0.1) is 19.1 Å². The van der Waals surface area contributed by atoms with Crippen LogP contribution in [0.3, 0.4) is 0 Å². The first-order valence-corrected chi connectivity index (χ1v) is 7.60. The summed E-state index contributed by atoms with van der Waals surface area (Å²) >= 11 is 0. The number of amides is 1. The molecular formula is C17H21NO4. The smallest absolute Gasteiger partial charge is 0.409 e. The summed E-state index contributed by atoms with van der Waals surface area (Å²) in [6.45, 7) is 5.13. The topological polar surface area (TPSA) is 55.8 Å². The van der Waals surface area contributed by atoms with E-state index in [1.807, 2.05) is 26.0 Å². The Morgan fingerprint density at radius 2 is 1.86 bits per heavy atom. The largest absolute Gasteiger partial charge is 0.486 e. The van der Waals surface area contributed by atoms with Gasteiger partial charge in [-0.05, 0) is 37.1 Å². The molecule has 5 heteroatoms. The van der Waals surface area contributed by atoms with Gasteiger partial charge in [-0.25, -0.2) is 4.79 Å². The van der Waals surface area contributed by atoms with Gasteiger partial charge >= 0.3 is 6.09 Å². The zero-order valence-corrected chi connectivity index (χ0v) is 13.3. The van der Waals surface area contributed by atoms with E-state index in [1.165, 1.54) is 7.11 Å². The average molecular weight is 303 g/mol. The monoisotopic (exact) mass is 303 g/mol. The lowest BCUT2D eigenvalue weighted by atomic mass is 9.82. The summed E-state index contributed by atoms with van der Waals surface area (Å²) < 4.78 is 11.0. The van der Waals surface area contributed by atoms with E-state index in [-0.39, 0.29) is 11.9 Å². The lowest BCUT2D eigenvalue weighted by Crippen LogP contribution is -2.52. The number of hydrogen-bond donors (Lipinski definition) is 0. The second-order valence-corrected chi connectivity index (χ2v) is 6.27. The number of rotatable bonds is 0. The van der Waals surface area contributed by atoms with Gasteiger partial charge in [0, 0.05) is 25.9 Å². The highest BCUT2D eigenvalue weighted by Gasteiger charge is 2.43. The van der Waals surface area contributed by atoms with Crippen LogP contribution in [0.1, 0.15) is 40.7 Å². The highest BCUT2D eigenvalue weighted by molar-refractivity contribution is 6.00. The number of piperidine rings is 1. The van der Waals surface area contributed by atoms with Crippen molar-refractivity contribution in [1.29, 1.82) is 0 Å². The maximum Gasteiger partial charge on any atom is 0.409 e. The second-order valence-electron chi connectivity index (χ2n) is 6.27. The predicted octanol–water partition coefficient (Wildman–Crippen LogP) is 2.87. The Hall–Kier alpha value is -2.04. The molecule has 2 aliphatic rings. The molecule has 2 aliphatic heterocycles. The molecule has 1 aromatic rings. The number of hydrogen-bond acceptors (Lipinski definition) is 4. The molecule has 0 unspecified atom stereocenters. The summed E-state index contributed by atoms with van der Waals surface area (Å²) in [6, 6.07) is 3.87. The maximum absolute atomic E-state index is 12.5. The summed E-state index contributed by atoms with van der Waals surface area (Å²) in [5, 5.41) is 0. The molecule has 118 valence electrons. The third-order valence-corrected chi connectivity index (χ3v) is 4.81. The van der Waals surface area contributed by atoms with Crippen molar-refractivity contribution < 1.29 is 19.1 Å². The Labute approximate surface area is 130 Å². The Morgan fingerprint density at radius 1 is 1.23 bits per heavy atom. The molecule has 1 saturated heterocycles. The normalized spacial score (nSPS) is 19.6. The van der Waals surface area contributed by atoms with Crippen LogP contribution in [0.4, 0.5) is 4.79 Å². The van der Waals surface area contributed by atoms with E-state index in [2.05, 4.69) is 0 Å². The zero-order valence-electron chi connectivity index (χ0n) is 13.3. The second kappa shape index (κ2) is 5.30. The highest BCUT2D eigenvalue weighted by atomic mass is 16.5. The molecular weight excluding hydrogens is 282 g/mol. The minimum absolute atomic E-state index is 0.135. The number of nitrogens with zero attached hydrogens (tertiary/aromatic N) is 1. The first-order chi connectivity index (χ1) is 10.4. The van der Waals surface area contributed by atoms with Gasteiger partial charge in [0.15, 0.2) is 5.78 Å². The van der Waals surface area contributed by atoms with E-state index in [4.69, 9.17) is 9.47 Å². The Morgan fingerprint density at radius 3 is 2.50 bits per heavy atom. The fraction of sp³-hybridized carbons (Fsp3) is 0.529. The van der Waals surface area contributed by atoms with Gasteiger partial charge in [-0.1, -0.05) is 0 Å². The van der Waals surface area contributed by atoms with Gasteiger partial charge in [0.1, 0.15) is 11.4 Å². The zero-order chi connectivity index (χ0) is 15.9. The lowest BCUT2D eigenvalue weighted by Gasteiger charge is -2.43. The average Bonchev–Trinajstić information content (AvgIpc) is 2.49. The third-order valence-electron chi connectivity index (χ3n) is 4.81. The molecule has 0 radical (unpaired) electrons. The molecule has 0 aromatic heterocycles. The molecule has 1 aromatic carbocycles. The van der Waals surface area contributed by atoms with Crippen LogP contribution in [0.25, 0.3) is 0 Å². The fourth-order valence-corrected chi connectivity index (χ4v) is 3.25. The van der Waals surface area contributed by atoms with E-state index >= 15 is 0 Å². The molecule has 1 fully saturated rings. The molecule has 22 heavy (non-hydrogen) atoms. The van der Waals surface area contributed by atoms with E-state index in [0.717, 1.165) is 11.1 Å². The molecule has 3 rings (SSSR count). The molecule has 1 spiro atoms. The van der Waals surface area contributed by atoms with E-state index in [1.54, 1.807) is 4.90 Å². The van der Waals surface area contributed by atoms with Crippen molar-refractivity contribution in [3.63, 3.8) is 0 Å². The molecule has 5 nitrogen and oxygen atoms in total. The highest BCUT2D eigenvalue weighted by Crippen LogP contribution is 2.40. The van der Waals surface area contributed by atoms with Gasteiger partial charge < -0.3 is 14.4 Å². The molecule has 0 saturated carbocycles. The van der Waals surface area contributed by atoms with Crippen molar-refractivity contribution in [2.45, 2.75) is 38.7 Å². The first kappa shape index (κ1) is 14.9. The molecule has 0 atom stereocenters. The Balaban J connectivity index is 1.82. The fourth-order valence-electron chi connectivity index (χ4n) is 3.25. The van der Waals surface area contributed by atoms with Crippen molar-refractivity contribution in [2.24, 2.45) is 0 Å². The van der Waals surface area contributed by atoms with E-state index < -0.39 is 5.60 Å². The van der Waals surface area contributed by atoms with Crippen LogP contribution < -0.4 is 4.74 Å². The minimum atomic E-state index is -0.476. The van der Waals surface area contributed by atoms with Gasteiger partial charge in [0.2, 0.25) is 0 Å². The Kier molecular flexibility index (Phi) is 3.59. The van der Waals surface area contributed by atoms with Crippen LogP contribution in [0.15, 0.2) is 12.1 Å².